The molecule has 0 aliphatic heterocycles. The second-order valence-corrected chi connectivity index (χ2v) is 6.88. The third-order valence-corrected chi connectivity index (χ3v) is 4.73. The van der Waals surface area contributed by atoms with Crippen molar-refractivity contribution in [3.63, 3.8) is 0 Å². The number of carbonyl (C=O) groups is 1. The van der Waals surface area contributed by atoms with E-state index in [1.54, 1.807) is 24.4 Å². The maximum absolute atomic E-state index is 11.0. The quantitative estimate of drug-likeness (QED) is 0.270. The van der Waals surface area contributed by atoms with Crippen LogP contribution in [0, 0.1) is 0 Å². The maximum atomic E-state index is 11.0. The van der Waals surface area contributed by atoms with E-state index in [0.29, 0.717) is 17.1 Å². The van der Waals surface area contributed by atoms with Gasteiger partial charge in [-0.15, -0.1) is 0 Å². The maximum Gasteiger partial charge on any atom is 0.307 e. The number of rotatable bonds is 11. The molecular formula is C25H26N2O5. The topological polar surface area (TPSA) is 90.2 Å². The summed E-state index contributed by atoms with van der Waals surface area (Å²) in [6.07, 6.45) is 2.35. The molecule has 0 fully saturated rings. The molecule has 2 aromatic carbocycles. The molecule has 1 aromatic heterocycles. The molecule has 0 radical (unpaired) electrons. The van der Waals surface area contributed by atoms with Crippen molar-refractivity contribution in [3.05, 3.63) is 78.0 Å². The molecule has 1 heterocycles. The standard InChI is InChI=1S/C25H26N2O5/c1-3-21(18-10-12-19(13-11-18)22-8-4-5-14-26-22)27-32-16-15-31-23-9-6-7-20(17-24(28)29)25(23)30-2/h4-14H,3,15-17H2,1-2H3,(H,28,29)/b27-21+. The molecule has 0 aliphatic carbocycles. The predicted molar refractivity (Wildman–Crippen MR) is 122 cm³/mol. The van der Waals surface area contributed by atoms with E-state index >= 15 is 0 Å². The first kappa shape index (κ1) is 22.8. The molecule has 0 aliphatic rings. The van der Waals surface area contributed by atoms with Crippen molar-refractivity contribution in [1.82, 2.24) is 4.98 Å². The first-order valence-corrected chi connectivity index (χ1v) is 10.3. The average molecular weight is 434 g/mol. The first-order chi connectivity index (χ1) is 15.6. The monoisotopic (exact) mass is 434 g/mol. The Kier molecular flexibility index (Phi) is 8.20. The molecule has 32 heavy (non-hydrogen) atoms. The smallest absolute Gasteiger partial charge is 0.307 e. The largest absolute Gasteiger partial charge is 0.493 e. The van der Waals surface area contributed by atoms with Gasteiger partial charge in [0.1, 0.15) is 6.61 Å². The number of carboxylic acid groups (broad SMARTS) is 1. The Hall–Kier alpha value is -3.87. The normalized spacial score (nSPS) is 11.1. The van der Waals surface area contributed by atoms with Crippen LogP contribution in [0.1, 0.15) is 24.5 Å². The summed E-state index contributed by atoms with van der Waals surface area (Å²) in [5.74, 6) is -0.0430. The number of pyridine rings is 1. The minimum absolute atomic E-state index is 0.139. The van der Waals surface area contributed by atoms with Crippen molar-refractivity contribution in [2.75, 3.05) is 20.3 Å². The van der Waals surface area contributed by atoms with E-state index < -0.39 is 5.97 Å². The molecular weight excluding hydrogens is 408 g/mol. The Balaban J connectivity index is 1.57. The number of benzene rings is 2. The minimum Gasteiger partial charge on any atom is -0.493 e. The van der Waals surface area contributed by atoms with E-state index in [0.717, 1.165) is 29.0 Å². The summed E-state index contributed by atoms with van der Waals surface area (Å²) in [6, 6.07) is 19.0. The summed E-state index contributed by atoms with van der Waals surface area (Å²) in [6.45, 7) is 2.50. The van der Waals surface area contributed by atoms with Crippen LogP contribution in [-0.2, 0) is 16.1 Å². The zero-order valence-electron chi connectivity index (χ0n) is 18.2. The summed E-state index contributed by atoms with van der Waals surface area (Å²) >= 11 is 0. The van der Waals surface area contributed by atoms with E-state index in [1.165, 1.54) is 7.11 Å². The van der Waals surface area contributed by atoms with E-state index in [2.05, 4.69) is 10.1 Å². The molecule has 166 valence electrons. The van der Waals surface area contributed by atoms with Crippen LogP contribution in [0.2, 0.25) is 0 Å². The highest BCUT2D eigenvalue weighted by atomic mass is 16.6. The van der Waals surface area contributed by atoms with Crippen molar-refractivity contribution in [2.45, 2.75) is 19.8 Å². The fourth-order valence-corrected chi connectivity index (χ4v) is 3.21. The number of hydrogen-bond donors (Lipinski definition) is 1. The molecule has 0 spiro atoms. The molecule has 7 heteroatoms. The molecule has 1 N–H and O–H groups in total. The zero-order valence-corrected chi connectivity index (χ0v) is 18.2. The van der Waals surface area contributed by atoms with Crippen LogP contribution < -0.4 is 9.47 Å². The van der Waals surface area contributed by atoms with Crippen molar-refractivity contribution in [1.29, 1.82) is 0 Å². The molecule has 0 saturated carbocycles. The molecule has 3 rings (SSSR count). The van der Waals surface area contributed by atoms with Crippen molar-refractivity contribution in [2.24, 2.45) is 5.16 Å². The summed E-state index contributed by atoms with van der Waals surface area (Å²) in [5, 5.41) is 13.3. The lowest BCUT2D eigenvalue weighted by Crippen LogP contribution is -2.09. The van der Waals surface area contributed by atoms with Gasteiger partial charge in [-0.1, -0.05) is 54.5 Å². The molecule has 0 amide bonds. The minimum atomic E-state index is -0.932. The Morgan fingerprint density at radius 2 is 1.84 bits per heavy atom. The number of nitrogens with zero attached hydrogens (tertiary/aromatic N) is 2. The lowest BCUT2D eigenvalue weighted by atomic mass is 10.0. The van der Waals surface area contributed by atoms with Crippen LogP contribution in [0.15, 0.2) is 72.0 Å². The summed E-state index contributed by atoms with van der Waals surface area (Å²) in [5.41, 5.74) is 4.33. The molecule has 0 atom stereocenters. The highest BCUT2D eigenvalue weighted by Crippen LogP contribution is 2.31. The van der Waals surface area contributed by atoms with Gasteiger partial charge in [-0.2, -0.15) is 0 Å². The lowest BCUT2D eigenvalue weighted by Gasteiger charge is -2.13. The molecule has 3 aromatic rings. The Bertz CT molecular complexity index is 1050. The third-order valence-electron chi connectivity index (χ3n) is 4.73. The van der Waals surface area contributed by atoms with Crippen molar-refractivity contribution >= 4 is 11.7 Å². The van der Waals surface area contributed by atoms with Crippen LogP contribution in [-0.4, -0.2) is 42.1 Å². The first-order valence-electron chi connectivity index (χ1n) is 10.3. The van der Waals surface area contributed by atoms with Gasteiger partial charge < -0.3 is 19.4 Å². The van der Waals surface area contributed by atoms with Crippen LogP contribution in [0.3, 0.4) is 0 Å². The van der Waals surface area contributed by atoms with Crippen LogP contribution in [0.5, 0.6) is 11.5 Å². The summed E-state index contributed by atoms with van der Waals surface area (Å²) in [7, 11) is 1.49. The van der Waals surface area contributed by atoms with Gasteiger partial charge in [-0.25, -0.2) is 0 Å². The van der Waals surface area contributed by atoms with Gasteiger partial charge in [0.05, 0.1) is 24.9 Å². The molecule has 0 saturated heterocycles. The number of oxime groups is 1. The zero-order chi connectivity index (χ0) is 22.8. The van der Waals surface area contributed by atoms with Crippen LogP contribution in [0.25, 0.3) is 11.3 Å². The Labute approximate surface area is 187 Å². The van der Waals surface area contributed by atoms with Crippen LogP contribution >= 0.6 is 0 Å². The Morgan fingerprint density at radius 3 is 2.50 bits per heavy atom. The van der Waals surface area contributed by atoms with Crippen molar-refractivity contribution < 1.29 is 24.2 Å². The fraction of sp³-hybridized carbons (Fsp3) is 0.240. The molecule has 0 bridgehead atoms. The van der Waals surface area contributed by atoms with Gasteiger partial charge in [0.2, 0.25) is 0 Å². The van der Waals surface area contributed by atoms with E-state index in [9.17, 15) is 4.79 Å². The van der Waals surface area contributed by atoms with Gasteiger partial charge in [-0.3, -0.25) is 9.78 Å². The Morgan fingerprint density at radius 1 is 1.03 bits per heavy atom. The van der Waals surface area contributed by atoms with Gasteiger partial charge in [0.15, 0.2) is 18.1 Å². The highest BCUT2D eigenvalue weighted by Gasteiger charge is 2.13. The number of carboxylic acids is 1. The predicted octanol–water partition coefficient (Wildman–Crippen LogP) is 4.59. The van der Waals surface area contributed by atoms with E-state index in [-0.39, 0.29) is 19.6 Å². The number of aromatic nitrogens is 1. The molecule has 0 unspecified atom stereocenters. The second-order valence-electron chi connectivity index (χ2n) is 6.88. The lowest BCUT2D eigenvalue weighted by molar-refractivity contribution is -0.136. The SMILES string of the molecule is CC/C(=N\OCCOc1cccc(CC(=O)O)c1OC)c1ccc(-c2ccccn2)cc1. The highest BCUT2D eigenvalue weighted by molar-refractivity contribution is 6.00. The second kappa shape index (κ2) is 11.5. The van der Waals surface area contributed by atoms with Gasteiger partial charge in [0, 0.05) is 17.3 Å². The van der Waals surface area contributed by atoms with Gasteiger partial charge in [-0.05, 0) is 30.2 Å². The number of methoxy groups -OCH3 is 1. The van der Waals surface area contributed by atoms with Crippen molar-refractivity contribution in [3.8, 4) is 22.8 Å². The summed E-state index contributed by atoms with van der Waals surface area (Å²) in [4.78, 5) is 20.8. The fourth-order valence-electron chi connectivity index (χ4n) is 3.21. The van der Waals surface area contributed by atoms with E-state index in [4.69, 9.17) is 19.4 Å². The molecule has 7 nitrogen and oxygen atoms in total. The summed E-state index contributed by atoms with van der Waals surface area (Å²) < 4.78 is 11.0. The number of aliphatic carboxylic acids is 1. The van der Waals surface area contributed by atoms with E-state index in [1.807, 2.05) is 49.4 Å². The third kappa shape index (κ3) is 6.07. The number of para-hydroxylation sites is 1. The average Bonchev–Trinajstić information content (AvgIpc) is 2.82. The number of hydrogen-bond acceptors (Lipinski definition) is 6. The van der Waals surface area contributed by atoms with Gasteiger partial charge >= 0.3 is 5.97 Å². The van der Waals surface area contributed by atoms with Crippen LogP contribution in [0.4, 0.5) is 0 Å². The van der Waals surface area contributed by atoms with Gasteiger partial charge in [0.25, 0.3) is 0 Å². The number of ether oxygens (including phenoxy) is 2.